The van der Waals surface area contributed by atoms with E-state index in [1.807, 2.05) is 6.92 Å². The largest absolute Gasteiger partial charge is 0.463 e. The number of hydrogen-bond acceptors (Lipinski definition) is 3. The summed E-state index contributed by atoms with van der Waals surface area (Å²) in [5.74, 6) is -0.238. The Morgan fingerprint density at radius 3 is 2.67 bits per heavy atom. The van der Waals surface area contributed by atoms with Crippen LogP contribution in [0.2, 0.25) is 0 Å². The minimum atomic E-state index is -0.238. The number of carbonyl (C=O) groups is 1. The Bertz CT molecular complexity index is 121. The molecule has 1 heterocycles. The summed E-state index contributed by atoms with van der Waals surface area (Å²) < 4.78 is 9.66. The number of rotatable bonds is 2. The summed E-state index contributed by atoms with van der Waals surface area (Å²) in [6, 6.07) is 0. The summed E-state index contributed by atoms with van der Waals surface area (Å²) in [7, 11) is 0. The minimum absolute atomic E-state index is 0.161. The highest BCUT2D eigenvalue weighted by Gasteiger charge is 2.34. The smallest absolute Gasteiger partial charge is 0.302 e. The van der Waals surface area contributed by atoms with Crippen LogP contribution in [0.4, 0.5) is 0 Å². The maximum absolute atomic E-state index is 10.2. The standard InChI is InChI=1S/C6H10O3/c1-4-6(9-4)3-8-5(2)7/h4,6H,3H2,1-2H3/t4-,6-/m0/s1. The van der Waals surface area contributed by atoms with Crippen LogP contribution in [0.5, 0.6) is 0 Å². The third kappa shape index (κ3) is 2.01. The monoisotopic (exact) mass is 130 g/mol. The molecule has 3 nitrogen and oxygen atoms in total. The van der Waals surface area contributed by atoms with Crippen LogP contribution >= 0.6 is 0 Å². The van der Waals surface area contributed by atoms with Gasteiger partial charge in [0.1, 0.15) is 12.7 Å². The van der Waals surface area contributed by atoms with Gasteiger partial charge in [-0.2, -0.15) is 0 Å². The molecule has 0 saturated carbocycles. The Labute approximate surface area is 53.9 Å². The normalized spacial score (nSPS) is 31.8. The summed E-state index contributed by atoms with van der Waals surface area (Å²) in [6.45, 7) is 3.76. The van der Waals surface area contributed by atoms with Crippen LogP contribution < -0.4 is 0 Å². The first-order valence-electron chi connectivity index (χ1n) is 2.99. The molecule has 0 amide bonds. The average molecular weight is 130 g/mol. The first-order chi connectivity index (χ1) is 4.20. The first-order valence-corrected chi connectivity index (χ1v) is 2.99. The van der Waals surface area contributed by atoms with Gasteiger partial charge in [0.2, 0.25) is 0 Å². The fourth-order valence-corrected chi connectivity index (χ4v) is 0.605. The summed E-state index contributed by atoms with van der Waals surface area (Å²) in [4.78, 5) is 10.2. The van der Waals surface area contributed by atoms with E-state index < -0.39 is 0 Å². The van der Waals surface area contributed by atoms with Crippen molar-refractivity contribution >= 4 is 5.97 Å². The molecule has 0 aliphatic carbocycles. The quantitative estimate of drug-likeness (QED) is 0.399. The van der Waals surface area contributed by atoms with Gasteiger partial charge < -0.3 is 9.47 Å². The maximum atomic E-state index is 10.2. The molecule has 0 radical (unpaired) electrons. The molecule has 1 aliphatic rings. The van der Waals surface area contributed by atoms with E-state index in [4.69, 9.17) is 4.74 Å². The van der Waals surface area contributed by atoms with Crippen molar-refractivity contribution in [3.8, 4) is 0 Å². The minimum Gasteiger partial charge on any atom is -0.463 e. The van der Waals surface area contributed by atoms with Gasteiger partial charge in [0, 0.05) is 6.92 Å². The molecule has 1 fully saturated rings. The summed E-state index contributed by atoms with van der Waals surface area (Å²) in [5.41, 5.74) is 0. The Morgan fingerprint density at radius 2 is 2.33 bits per heavy atom. The van der Waals surface area contributed by atoms with Crippen LogP contribution in [0, 0.1) is 0 Å². The van der Waals surface area contributed by atoms with Crippen molar-refractivity contribution in [1.82, 2.24) is 0 Å². The van der Waals surface area contributed by atoms with Crippen LogP contribution in [0.25, 0.3) is 0 Å². The molecule has 1 rings (SSSR count). The number of epoxide rings is 1. The molecule has 0 spiro atoms. The maximum Gasteiger partial charge on any atom is 0.302 e. The second-order valence-electron chi connectivity index (χ2n) is 2.18. The van der Waals surface area contributed by atoms with E-state index in [9.17, 15) is 4.79 Å². The Morgan fingerprint density at radius 1 is 1.78 bits per heavy atom. The predicted octanol–water partition coefficient (Wildman–Crippen LogP) is 0.337. The lowest BCUT2D eigenvalue weighted by molar-refractivity contribution is -0.141. The molecular formula is C6H10O3. The SMILES string of the molecule is CC(=O)OC[C@@H]1O[C@H]1C. The van der Waals surface area contributed by atoms with Gasteiger partial charge in [-0.15, -0.1) is 0 Å². The lowest BCUT2D eigenvalue weighted by Crippen LogP contribution is -2.06. The van der Waals surface area contributed by atoms with Crippen molar-refractivity contribution in [2.24, 2.45) is 0 Å². The lowest BCUT2D eigenvalue weighted by Gasteiger charge is -1.94. The van der Waals surface area contributed by atoms with E-state index in [-0.39, 0.29) is 18.2 Å². The molecule has 0 N–H and O–H groups in total. The fraction of sp³-hybridized carbons (Fsp3) is 0.833. The molecule has 1 aliphatic heterocycles. The summed E-state index contributed by atoms with van der Waals surface area (Å²) >= 11 is 0. The second kappa shape index (κ2) is 2.35. The highest BCUT2D eigenvalue weighted by atomic mass is 16.6. The second-order valence-corrected chi connectivity index (χ2v) is 2.18. The molecule has 1 saturated heterocycles. The van der Waals surface area contributed by atoms with Crippen LogP contribution in [-0.4, -0.2) is 24.8 Å². The van der Waals surface area contributed by atoms with Gasteiger partial charge in [-0.3, -0.25) is 4.79 Å². The van der Waals surface area contributed by atoms with Crippen LogP contribution in [-0.2, 0) is 14.3 Å². The zero-order valence-corrected chi connectivity index (χ0v) is 5.59. The van der Waals surface area contributed by atoms with E-state index >= 15 is 0 Å². The summed E-state index contributed by atoms with van der Waals surface area (Å²) in [5, 5.41) is 0. The Balaban J connectivity index is 2.00. The van der Waals surface area contributed by atoms with Crippen LogP contribution in [0.15, 0.2) is 0 Å². The molecule has 3 heteroatoms. The van der Waals surface area contributed by atoms with Crippen molar-refractivity contribution in [1.29, 1.82) is 0 Å². The molecular weight excluding hydrogens is 120 g/mol. The molecule has 2 atom stereocenters. The molecule has 0 aromatic rings. The predicted molar refractivity (Wildman–Crippen MR) is 31.0 cm³/mol. The number of hydrogen-bond donors (Lipinski definition) is 0. The van der Waals surface area contributed by atoms with Crippen molar-refractivity contribution in [3.05, 3.63) is 0 Å². The number of ether oxygens (including phenoxy) is 2. The van der Waals surface area contributed by atoms with Gasteiger partial charge in [-0.1, -0.05) is 0 Å². The number of carbonyl (C=O) groups excluding carboxylic acids is 1. The van der Waals surface area contributed by atoms with Crippen molar-refractivity contribution in [2.75, 3.05) is 6.61 Å². The third-order valence-electron chi connectivity index (χ3n) is 1.29. The topological polar surface area (TPSA) is 38.8 Å². The average Bonchev–Trinajstić information content (AvgIpc) is 2.42. The number of esters is 1. The van der Waals surface area contributed by atoms with E-state index in [0.29, 0.717) is 6.61 Å². The Kier molecular flexibility index (Phi) is 1.71. The zero-order chi connectivity index (χ0) is 6.85. The van der Waals surface area contributed by atoms with Crippen molar-refractivity contribution < 1.29 is 14.3 Å². The molecule has 0 bridgehead atoms. The highest BCUT2D eigenvalue weighted by Crippen LogP contribution is 2.20. The van der Waals surface area contributed by atoms with Gasteiger partial charge in [0.25, 0.3) is 0 Å². The Hall–Kier alpha value is -0.570. The molecule has 9 heavy (non-hydrogen) atoms. The lowest BCUT2D eigenvalue weighted by atomic mass is 10.4. The van der Waals surface area contributed by atoms with Gasteiger partial charge >= 0.3 is 5.97 Å². The molecule has 0 aromatic carbocycles. The van der Waals surface area contributed by atoms with Gasteiger partial charge in [0.05, 0.1) is 6.10 Å². The van der Waals surface area contributed by atoms with Gasteiger partial charge in [0.15, 0.2) is 0 Å². The van der Waals surface area contributed by atoms with Crippen LogP contribution in [0.1, 0.15) is 13.8 Å². The van der Waals surface area contributed by atoms with E-state index in [1.165, 1.54) is 6.92 Å². The van der Waals surface area contributed by atoms with Crippen molar-refractivity contribution in [3.63, 3.8) is 0 Å². The molecule has 0 aromatic heterocycles. The van der Waals surface area contributed by atoms with E-state index in [2.05, 4.69) is 4.74 Å². The third-order valence-corrected chi connectivity index (χ3v) is 1.29. The molecule has 0 unspecified atom stereocenters. The summed E-state index contributed by atoms with van der Waals surface area (Å²) in [6.07, 6.45) is 0.443. The highest BCUT2D eigenvalue weighted by molar-refractivity contribution is 5.65. The van der Waals surface area contributed by atoms with Gasteiger partial charge in [-0.25, -0.2) is 0 Å². The fourth-order valence-electron chi connectivity index (χ4n) is 0.605. The van der Waals surface area contributed by atoms with E-state index in [1.54, 1.807) is 0 Å². The zero-order valence-electron chi connectivity index (χ0n) is 5.59. The first kappa shape index (κ1) is 6.55. The van der Waals surface area contributed by atoms with Crippen molar-refractivity contribution in [2.45, 2.75) is 26.1 Å². The van der Waals surface area contributed by atoms with Crippen LogP contribution in [0.3, 0.4) is 0 Å². The van der Waals surface area contributed by atoms with Gasteiger partial charge in [-0.05, 0) is 6.92 Å². The molecule has 52 valence electrons. The van der Waals surface area contributed by atoms with E-state index in [0.717, 1.165) is 0 Å².